The molecule has 1 aromatic carbocycles. The van der Waals surface area contributed by atoms with Gasteiger partial charge in [-0.3, -0.25) is 14.9 Å². The monoisotopic (exact) mass is 277 g/mol. The van der Waals surface area contributed by atoms with Crippen LogP contribution in [0.25, 0.3) is 5.57 Å². The third-order valence-electron chi connectivity index (χ3n) is 3.09. The van der Waals surface area contributed by atoms with Crippen molar-refractivity contribution in [3.63, 3.8) is 0 Å². The Hall–Kier alpha value is -2.50. The summed E-state index contributed by atoms with van der Waals surface area (Å²) in [6, 6.07) is 4.76. The number of hydrogen-bond acceptors (Lipinski definition) is 4. The molecule has 0 saturated heterocycles. The van der Waals surface area contributed by atoms with Gasteiger partial charge >= 0.3 is 0 Å². The van der Waals surface area contributed by atoms with Crippen LogP contribution in [0.2, 0.25) is 0 Å². The van der Waals surface area contributed by atoms with Gasteiger partial charge in [0.25, 0.3) is 11.7 Å². The number of halogens is 1. The predicted molar refractivity (Wildman–Crippen MR) is 70.2 cm³/mol. The third-order valence-corrected chi connectivity index (χ3v) is 3.09. The van der Waals surface area contributed by atoms with Gasteiger partial charge in [0.15, 0.2) is 5.78 Å². The van der Waals surface area contributed by atoms with Crippen molar-refractivity contribution in [2.45, 2.75) is 20.3 Å². The highest BCUT2D eigenvalue weighted by Gasteiger charge is 2.24. The van der Waals surface area contributed by atoms with Crippen molar-refractivity contribution in [2.75, 3.05) is 0 Å². The second kappa shape index (κ2) is 5.24. The van der Waals surface area contributed by atoms with Crippen molar-refractivity contribution in [3.8, 4) is 0 Å². The van der Waals surface area contributed by atoms with Gasteiger partial charge in [0.05, 0.1) is 4.92 Å². The van der Waals surface area contributed by atoms with Crippen LogP contribution in [-0.4, -0.2) is 10.7 Å². The van der Waals surface area contributed by atoms with Crippen molar-refractivity contribution < 1.29 is 18.8 Å². The van der Waals surface area contributed by atoms with Gasteiger partial charge in [0.2, 0.25) is 0 Å². The number of allylic oxidation sites excluding steroid dienone is 3. The molecule has 104 valence electrons. The maximum Gasteiger partial charge on any atom is 0.282 e. The van der Waals surface area contributed by atoms with Gasteiger partial charge in [0.1, 0.15) is 5.76 Å². The number of nitrogens with zero attached hydrogens (tertiary/aromatic N) is 1. The number of ketones is 1. The zero-order valence-electron chi connectivity index (χ0n) is 11.0. The number of carbonyl (C=O) groups excluding carboxylic acids is 1. The summed E-state index contributed by atoms with van der Waals surface area (Å²) in [5.41, 5.74) is 0.707. The lowest BCUT2D eigenvalue weighted by molar-refractivity contribution is -0.384. The van der Waals surface area contributed by atoms with Gasteiger partial charge in [-0.05, 0) is 19.4 Å². The standard InChI is InChI=1S/C14H12FNO4/c1-8(17)12-7-13(14(15)20-9(12)2)10-4-3-5-11(6-10)16(18)19/h3-6H,7H2,1-2H3. The quantitative estimate of drug-likeness (QED) is 0.626. The van der Waals surface area contributed by atoms with Gasteiger partial charge in [-0.2, -0.15) is 4.39 Å². The van der Waals surface area contributed by atoms with Gasteiger partial charge < -0.3 is 4.74 Å². The Bertz CT molecular complexity index is 661. The first-order valence-electron chi connectivity index (χ1n) is 5.92. The molecule has 1 heterocycles. The van der Waals surface area contributed by atoms with Crippen LogP contribution < -0.4 is 0 Å². The summed E-state index contributed by atoms with van der Waals surface area (Å²) in [6.07, 6.45) is 0.0637. The molecule has 6 heteroatoms. The first-order chi connectivity index (χ1) is 9.40. The zero-order valence-corrected chi connectivity index (χ0v) is 11.0. The van der Waals surface area contributed by atoms with E-state index in [0.29, 0.717) is 11.1 Å². The highest BCUT2D eigenvalue weighted by molar-refractivity contribution is 5.96. The fraction of sp³-hybridized carbons (Fsp3) is 0.214. The van der Waals surface area contributed by atoms with Crippen LogP contribution in [0.4, 0.5) is 10.1 Å². The summed E-state index contributed by atoms with van der Waals surface area (Å²) >= 11 is 0. The molecule has 0 N–H and O–H groups in total. The lowest BCUT2D eigenvalue weighted by Crippen LogP contribution is -2.09. The number of nitro groups is 1. The minimum atomic E-state index is -0.826. The number of carbonyl (C=O) groups is 1. The molecule has 2 rings (SSSR count). The largest absolute Gasteiger partial charge is 0.436 e. The van der Waals surface area contributed by atoms with E-state index in [1.54, 1.807) is 6.07 Å². The highest BCUT2D eigenvalue weighted by Crippen LogP contribution is 2.35. The van der Waals surface area contributed by atoms with Crippen LogP contribution in [0.1, 0.15) is 25.8 Å². The van der Waals surface area contributed by atoms with E-state index in [9.17, 15) is 19.3 Å². The molecule has 0 atom stereocenters. The Morgan fingerprint density at radius 2 is 2.15 bits per heavy atom. The molecule has 0 radical (unpaired) electrons. The Kier molecular flexibility index (Phi) is 3.65. The molecule has 0 bridgehead atoms. The fourth-order valence-electron chi connectivity index (χ4n) is 2.02. The second-order valence-electron chi connectivity index (χ2n) is 4.43. The maximum atomic E-state index is 13.9. The van der Waals surface area contributed by atoms with Crippen LogP contribution in [-0.2, 0) is 9.53 Å². The number of nitro benzene ring substituents is 1. The van der Waals surface area contributed by atoms with Crippen LogP contribution in [0, 0.1) is 10.1 Å². The highest BCUT2D eigenvalue weighted by atomic mass is 19.1. The number of non-ortho nitro benzene ring substituents is 1. The Morgan fingerprint density at radius 3 is 2.75 bits per heavy atom. The SMILES string of the molecule is CC(=O)C1=C(C)OC(F)=C(c2cccc([N+](=O)[O-])c2)C1. The van der Waals surface area contributed by atoms with E-state index >= 15 is 0 Å². The number of rotatable bonds is 3. The molecule has 5 nitrogen and oxygen atoms in total. The van der Waals surface area contributed by atoms with E-state index in [-0.39, 0.29) is 29.2 Å². The van der Waals surface area contributed by atoms with Crippen molar-refractivity contribution in [2.24, 2.45) is 0 Å². The molecular formula is C14H12FNO4. The lowest BCUT2D eigenvalue weighted by atomic mass is 9.94. The van der Waals surface area contributed by atoms with Crippen molar-refractivity contribution in [1.29, 1.82) is 0 Å². The average molecular weight is 277 g/mol. The number of Topliss-reactive ketones (excluding diaryl/α,β-unsaturated/α-hetero) is 1. The first kappa shape index (κ1) is 13.9. The normalized spacial score (nSPS) is 15.2. The summed E-state index contributed by atoms with van der Waals surface area (Å²) < 4.78 is 18.8. The Labute approximate surface area is 114 Å². The fourth-order valence-corrected chi connectivity index (χ4v) is 2.02. The van der Waals surface area contributed by atoms with E-state index < -0.39 is 10.9 Å². The topological polar surface area (TPSA) is 69.4 Å². The second-order valence-corrected chi connectivity index (χ2v) is 4.43. The van der Waals surface area contributed by atoms with Gasteiger partial charge in [-0.15, -0.1) is 0 Å². The molecule has 1 aliphatic heterocycles. The average Bonchev–Trinajstić information content (AvgIpc) is 2.38. The lowest BCUT2D eigenvalue weighted by Gasteiger charge is -2.19. The summed E-state index contributed by atoms with van der Waals surface area (Å²) in [6.45, 7) is 2.89. The van der Waals surface area contributed by atoms with E-state index in [1.807, 2.05) is 0 Å². The van der Waals surface area contributed by atoms with Gasteiger partial charge in [-0.25, -0.2) is 0 Å². The van der Waals surface area contributed by atoms with Crippen molar-refractivity contribution in [3.05, 3.63) is 57.3 Å². The van der Waals surface area contributed by atoms with E-state index in [1.165, 1.54) is 32.0 Å². The van der Waals surface area contributed by atoms with Crippen LogP contribution in [0.15, 0.2) is 41.6 Å². The molecule has 0 spiro atoms. The number of hydrogen-bond donors (Lipinski definition) is 0. The maximum absolute atomic E-state index is 13.9. The number of benzene rings is 1. The minimum Gasteiger partial charge on any atom is -0.436 e. The molecular weight excluding hydrogens is 265 g/mol. The Balaban J connectivity index is 2.42. The summed E-state index contributed by atoms with van der Waals surface area (Å²) in [5, 5.41) is 10.7. The van der Waals surface area contributed by atoms with Crippen LogP contribution in [0.3, 0.4) is 0 Å². The molecule has 0 aromatic heterocycles. The summed E-state index contributed by atoms with van der Waals surface area (Å²) in [4.78, 5) is 21.7. The molecule has 0 amide bonds. The van der Waals surface area contributed by atoms with Gasteiger partial charge in [-0.1, -0.05) is 12.1 Å². The molecule has 0 saturated carbocycles. The van der Waals surface area contributed by atoms with Crippen molar-refractivity contribution in [1.82, 2.24) is 0 Å². The molecule has 0 unspecified atom stereocenters. The van der Waals surface area contributed by atoms with Crippen molar-refractivity contribution >= 4 is 17.0 Å². The van der Waals surface area contributed by atoms with E-state index in [4.69, 9.17) is 4.74 Å². The minimum absolute atomic E-state index is 0.0637. The third kappa shape index (κ3) is 2.59. The van der Waals surface area contributed by atoms with Crippen LogP contribution in [0.5, 0.6) is 0 Å². The molecule has 0 fully saturated rings. The smallest absolute Gasteiger partial charge is 0.282 e. The summed E-state index contributed by atoms with van der Waals surface area (Å²) in [7, 11) is 0. The molecule has 1 aromatic rings. The van der Waals surface area contributed by atoms with E-state index in [0.717, 1.165) is 0 Å². The summed E-state index contributed by atoms with van der Waals surface area (Å²) in [5.74, 6) is 0.0158. The molecule has 0 aliphatic carbocycles. The van der Waals surface area contributed by atoms with Gasteiger partial charge in [0, 0.05) is 29.7 Å². The molecule has 20 heavy (non-hydrogen) atoms. The molecule has 1 aliphatic rings. The van der Waals surface area contributed by atoms with E-state index in [2.05, 4.69) is 0 Å². The predicted octanol–water partition coefficient (Wildman–Crippen LogP) is 3.52. The Morgan fingerprint density at radius 1 is 1.45 bits per heavy atom. The number of ether oxygens (including phenoxy) is 1. The van der Waals surface area contributed by atoms with Crippen LogP contribution >= 0.6 is 0 Å². The first-order valence-corrected chi connectivity index (χ1v) is 5.92. The zero-order chi connectivity index (χ0) is 14.9.